The molecule has 0 radical (unpaired) electrons. The molecule has 0 atom stereocenters. The fourth-order valence-electron chi connectivity index (χ4n) is 1.03. The van der Waals surface area contributed by atoms with Crippen molar-refractivity contribution in [3.05, 3.63) is 39.9 Å². The SMILES string of the molecule is CC(C)=C(C)c1ccccc1Br. The minimum absolute atomic E-state index is 1.17. The first kappa shape index (κ1) is 9.53. The van der Waals surface area contributed by atoms with Crippen molar-refractivity contribution in [1.82, 2.24) is 0 Å². The number of rotatable bonds is 1. The first-order valence-corrected chi connectivity index (χ1v) is 4.81. The van der Waals surface area contributed by atoms with Gasteiger partial charge in [0.2, 0.25) is 0 Å². The first-order chi connectivity index (χ1) is 5.63. The van der Waals surface area contributed by atoms with Crippen LogP contribution in [0.15, 0.2) is 34.3 Å². The van der Waals surface area contributed by atoms with Crippen LogP contribution in [0, 0.1) is 0 Å². The summed E-state index contributed by atoms with van der Waals surface area (Å²) in [5.74, 6) is 0. The maximum Gasteiger partial charge on any atom is 0.0250 e. The molecule has 0 nitrogen and oxygen atoms in total. The molecule has 64 valence electrons. The Kier molecular flexibility index (Phi) is 3.10. The summed E-state index contributed by atoms with van der Waals surface area (Å²) in [6.45, 7) is 6.42. The van der Waals surface area contributed by atoms with Crippen LogP contribution in [-0.4, -0.2) is 0 Å². The van der Waals surface area contributed by atoms with Gasteiger partial charge in [-0.3, -0.25) is 0 Å². The lowest BCUT2D eigenvalue weighted by atomic mass is 10.0. The van der Waals surface area contributed by atoms with E-state index >= 15 is 0 Å². The smallest absolute Gasteiger partial charge is 0.0250 e. The second-order valence-corrected chi connectivity index (χ2v) is 3.96. The van der Waals surface area contributed by atoms with E-state index < -0.39 is 0 Å². The molecule has 1 aromatic carbocycles. The van der Waals surface area contributed by atoms with Gasteiger partial charge in [0.1, 0.15) is 0 Å². The summed E-state index contributed by atoms with van der Waals surface area (Å²) < 4.78 is 1.17. The normalized spacial score (nSPS) is 9.67. The standard InChI is InChI=1S/C11H13Br/c1-8(2)9(3)10-6-4-5-7-11(10)12/h4-7H,1-3H3. The Morgan fingerprint density at radius 3 is 2.17 bits per heavy atom. The zero-order valence-corrected chi connectivity index (χ0v) is 9.27. The number of hydrogen-bond donors (Lipinski definition) is 0. The molecule has 0 aliphatic carbocycles. The van der Waals surface area contributed by atoms with Gasteiger partial charge in [-0.05, 0) is 38.0 Å². The second-order valence-electron chi connectivity index (χ2n) is 3.10. The number of halogens is 1. The third-order valence-corrected chi connectivity index (χ3v) is 2.72. The van der Waals surface area contributed by atoms with E-state index in [0.29, 0.717) is 0 Å². The van der Waals surface area contributed by atoms with Crippen LogP contribution in [-0.2, 0) is 0 Å². The maximum atomic E-state index is 3.53. The van der Waals surface area contributed by atoms with Gasteiger partial charge in [-0.25, -0.2) is 0 Å². The average molecular weight is 225 g/mol. The zero-order chi connectivity index (χ0) is 9.14. The molecule has 1 rings (SSSR count). The molecule has 12 heavy (non-hydrogen) atoms. The van der Waals surface area contributed by atoms with Crippen LogP contribution in [0.1, 0.15) is 26.3 Å². The van der Waals surface area contributed by atoms with Gasteiger partial charge in [0.25, 0.3) is 0 Å². The largest absolute Gasteiger partial charge is 0.0729 e. The zero-order valence-electron chi connectivity index (χ0n) is 7.69. The Bertz CT molecular complexity index is 307. The van der Waals surface area contributed by atoms with Gasteiger partial charge in [0.05, 0.1) is 0 Å². The lowest BCUT2D eigenvalue weighted by molar-refractivity contribution is 1.36. The molecule has 0 saturated heterocycles. The third-order valence-electron chi connectivity index (χ3n) is 2.03. The lowest BCUT2D eigenvalue weighted by Gasteiger charge is -2.05. The fraction of sp³-hybridized carbons (Fsp3) is 0.273. The fourth-order valence-corrected chi connectivity index (χ4v) is 1.62. The van der Waals surface area contributed by atoms with Crippen LogP contribution >= 0.6 is 15.9 Å². The van der Waals surface area contributed by atoms with Crippen LogP contribution in [0.4, 0.5) is 0 Å². The highest BCUT2D eigenvalue weighted by atomic mass is 79.9. The van der Waals surface area contributed by atoms with Crippen molar-refractivity contribution in [2.24, 2.45) is 0 Å². The topological polar surface area (TPSA) is 0 Å². The molecule has 0 aromatic heterocycles. The van der Waals surface area contributed by atoms with Gasteiger partial charge in [0, 0.05) is 4.47 Å². The van der Waals surface area contributed by atoms with Gasteiger partial charge >= 0.3 is 0 Å². The van der Waals surface area contributed by atoms with Crippen molar-refractivity contribution in [3.8, 4) is 0 Å². The molecule has 0 amide bonds. The number of benzene rings is 1. The molecule has 0 N–H and O–H groups in total. The predicted octanol–water partition coefficient (Wildman–Crippen LogP) is 4.26. The molecule has 0 aliphatic heterocycles. The highest BCUT2D eigenvalue weighted by Crippen LogP contribution is 2.25. The van der Waals surface area contributed by atoms with Crippen LogP contribution in [0.3, 0.4) is 0 Å². The third kappa shape index (κ3) is 1.98. The van der Waals surface area contributed by atoms with Crippen LogP contribution in [0.2, 0.25) is 0 Å². The molecular weight excluding hydrogens is 212 g/mol. The van der Waals surface area contributed by atoms with Crippen molar-refractivity contribution in [1.29, 1.82) is 0 Å². The van der Waals surface area contributed by atoms with Gasteiger partial charge in [-0.15, -0.1) is 0 Å². The summed E-state index contributed by atoms with van der Waals surface area (Å²) in [7, 11) is 0. The monoisotopic (exact) mass is 224 g/mol. The van der Waals surface area contributed by atoms with Crippen molar-refractivity contribution in [3.63, 3.8) is 0 Å². The number of allylic oxidation sites excluding steroid dienone is 2. The van der Waals surface area contributed by atoms with E-state index in [2.05, 4.69) is 54.9 Å². The maximum absolute atomic E-state index is 3.53. The van der Waals surface area contributed by atoms with Crippen molar-refractivity contribution >= 4 is 21.5 Å². The summed E-state index contributed by atoms with van der Waals surface area (Å²) in [5, 5.41) is 0. The Morgan fingerprint density at radius 2 is 1.67 bits per heavy atom. The van der Waals surface area contributed by atoms with Crippen LogP contribution in [0.5, 0.6) is 0 Å². The van der Waals surface area contributed by atoms with Crippen molar-refractivity contribution < 1.29 is 0 Å². The minimum Gasteiger partial charge on any atom is -0.0729 e. The summed E-state index contributed by atoms with van der Waals surface area (Å²) >= 11 is 3.53. The van der Waals surface area contributed by atoms with E-state index in [-0.39, 0.29) is 0 Å². The van der Waals surface area contributed by atoms with Crippen LogP contribution in [0.25, 0.3) is 5.57 Å². The van der Waals surface area contributed by atoms with E-state index in [9.17, 15) is 0 Å². The van der Waals surface area contributed by atoms with E-state index in [4.69, 9.17) is 0 Å². The molecule has 0 bridgehead atoms. The van der Waals surface area contributed by atoms with Crippen molar-refractivity contribution in [2.75, 3.05) is 0 Å². The van der Waals surface area contributed by atoms with E-state index in [1.54, 1.807) is 0 Å². The highest BCUT2D eigenvalue weighted by molar-refractivity contribution is 9.10. The summed E-state index contributed by atoms with van der Waals surface area (Å²) in [4.78, 5) is 0. The second kappa shape index (κ2) is 3.90. The summed E-state index contributed by atoms with van der Waals surface area (Å²) in [6.07, 6.45) is 0. The average Bonchev–Trinajstić information content (AvgIpc) is 2.04. The first-order valence-electron chi connectivity index (χ1n) is 4.02. The van der Waals surface area contributed by atoms with Gasteiger partial charge in [-0.1, -0.05) is 39.7 Å². The Hall–Kier alpha value is -0.560. The minimum atomic E-state index is 1.17. The van der Waals surface area contributed by atoms with Gasteiger partial charge < -0.3 is 0 Å². The van der Waals surface area contributed by atoms with E-state index in [1.807, 2.05) is 6.07 Å². The molecule has 0 heterocycles. The summed E-state index contributed by atoms with van der Waals surface area (Å²) in [6, 6.07) is 8.30. The molecule has 1 heteroatoms. The molecular formula is C11H13Br. The quantitative estimate of drug-likeness (QED) is 0.669. The lowest BCUT2D eigenvalue weighted by Crippen LogP contribution is -1.83. The predicted molar refractivity (Wildman–Crippen MR) is 58.1 cm³/mol. The van der Waals surface area contributed by atoms with Gasteiger partial charge in [0.15, 0.2) is 0 Å². The Balaban J connectivity index is 3.21. The Labute approximate surface area is 82.4 Å². The van der Waals surface area contributed by atoms with E-state index in [1.165, 1.54) is 21.2 Å². The number of hydrogen-bond acceptors (Lipinski definition) is 0. The van der Waals surface area contributed by atoms with Crippen molar-refractivity contribution in [2.45, 2.75) is 20.8 Å². The molecule has 0 aliphatic rings. The molecule has 0 unspecified atom stereocenters. The van der Waals surface area contributed by atoms with Gasteiger partial charge in [-0.2, -0.15) is 0 Å². The highest BCUT2D eigenvalue weighted by Gasteiger charge is 2.00. The molecule has 1 aromatic rings. The molecule has 0 fully saturated rings. The molecule has 0 saturated carbocycles. The molecule has 0 spiro atoms. The summed E-state index contributed by atoms with van der Waals surface area (Å²) in [5.41, 5.74) is 4.00. The Morgan fingerprint density at radius 1 is 1.08 bits per heavy atom. The van der Waals surface area contributed by atoms with Crippen LogP contribution < -0.4 is 0 Å². The van der Waals surface area contributed by atoms with E-state index in [0.717, 1.165) is 0 Å².